The molecule has 2 heterocycles. The predicted octanol–water partition coefficient (Wildman–Crippen LogP) is 4.67. The first-order valence-corrected chi connectivity index (χ1v) is 11.2. The van der Waals surface area contributed by atoms with Crippen LogP contribution in [-0.2, 0) is 10.0 Å². The Bertz CT molecular complexity index is 1470. The van der Waals surface area contributed by atoms with Crippen molar-refractivity contribution < 1.29 is 8.42 Å². The monoisotopic (exact) mass is 451 g/mol. The SMILES string of the molecule is Cc1cc(C)c2nc(-n3ncc(C#N)c3NS(=O)(=O)c3ccc(Cl)cc3)cc(C)c2c1. The van der Waals surface area contributed by atoms with E-state index >= 15 is 0 Å². The van der Waals surface area contributed by atoms with E-state index in [1.54, 1.807) is 0 Å². The summed E-state index contributed by atoms with van der Waals surface area (Å²) in [5, 5.41) is 15.2. The first-order chi connectivity index (χ1) is 14.7. The quantitative estimate of drug-likeness (QED) is 0.485. The van der Waals surface area contributed by atoms with Crippen molar-refractivity contribution in [3.8, 4) is 11.9 Å². The maximum Gasteiger partial charge on any atom is 0.263 e. The molecule has 0 fully saturated rings. The molecule has 0 bridgehead atoms. The molecule has 0 saturated carbocycles. The Morgan fingerprint density at radius 1 is 1.06 bits per heavy atom. The van der Waals surface area contributed by atoms with Gasteiger partial charge in [0.25, 0.3) is 10.0 Å². The number of anilines is 1. The summed E-state index contributed by atoms with van der Waals surface area (Å²) in [7, 11) is -3.98. The summed E-state index contributed by atoms with van der Waals surface area (Å²) in [6, 6.07) is 13.6. The van der Waals surface area contributed by atoms with Crippen LogP contribution in [0.1, 0.15) is 22.3 Å². The van der Waals surface area contributed by atoms with Crippen molar-refractivity contribution in [3.05, 3.63) is 75.9 Å². The lowest BCUT2D eigenvalue weighted by atomic mass is 10.0. The normalized spacial score (nSPS) is 11.5. The van der Waals surface area contributed by atoms with E-state index in [0.29, 0.717) is 10.8 Å². The Hall–Kier alpha value is -3.41. The van der Waals surface area contributed by atoms with Crippen LogP contribution < -0.4 is 4.72 Å². The van der Waals surface area contributed by atoms with Gasteiger partial charge in [-0.15, -0.1) is 0 Å². The molecule has 2 aromatic carbocycles. The fraction of sp³-hybridized carbons (Fsp3) is 0.136. The number of benzene rings is 2. The number of nitrogens with one attached hydrogen (secondary N) is 1. The van der Waals surface area contributed by atoms with Crippen molar-refractivity contribution in [1.29, 1.82) is 5.26 Å². The average molecular weight is 452 g/mol. The van der Waals surface area contributed by atoms with Crippen molar-refractivity contribution in [2.75, 3.05) is 4.72 Å². The third-order valence-corrected chi connectivity index (χ3v) is 6.51. The molecule has 4 aromatic rings. The number of nitriles is 1. The zero-order valence-corrected chi connectivity index (χ0v) is 18.6. The van der Waals surface area contributed by atoms with E-state index in [0.717, 1.165) is 27.6 Å². The van der Waals surface area contributed by atoms with Gasteiger partial charge in [0.05, 0.1) is 16.6 Å². The molecule has 0 saturated heterocycles. The molecule has 2 aromatic heterocycles. The standard InChI is InChI=1S/C22H18ClN5O2S/c1-13-8-15(3)21-19(9-13)14(2)10-20(26-21)28-22(16(11-24)12-25-28)27-31(29,30)18-6-4-17(23)5-7-18/h4-10,12,27H,1-3H3. The Morgan fingerprint density at radius 3 is 2.45 bits per heavy atom. The van der Waals surface area contributed by atoms with Crippen LogP contribution >= 0.6 is 11.6 Å². The second kappa shape index (κ2) is 7.69. The molecule has 0 spiro atoms. The second-order valence-corrected chi connectivity index (χ2v) is 9.38. The predicted molar refractivity (Wildman–Crippen MR) is 120 cm³/mol. The molecule has 0 radical (unpaired) electrons. The van der Waals surface area contributed by atoms with Crippen LogP contribution in [0.3, 0.4) is 0 Å². The van der Waals surface area contributed by atoms with Crippen LogP contribution in [0.5, 0.6) is 0 Å². The van der Waals surface area contributed by atoms with Crippen molar-refractivity contribution in [1.82, 2.24) is 14.8 Å². The third kappa shape index (κ3) is 3.85. The van der Waals surface area contributed by atoms with Crippen LogP contribution in [0.25, 0.3) is 16.7 Å². The summed E-state index contributed by atoms with van der Waals surface area (Å²) < 4.78 is 29.6. The van der Waals surface area contributed by atoms with Crippen LogP contribution in [-0.4, -0.2) is 23.2 Å². The van der Waals surface area contributed by atoms with Gasteiger partial charge in [-0.2, -0.15) is 15.0 Å². The van der Waals surface area contributed by atoms with Crippen molar-refractivity contribution in [2.24, 2.45) is 0 Å². The van der Waals surface area contributed by atoms with Crippen LogP contribution in [0, 0.1) is 32.1 Å². The lowest BCUT2D eigenvalue weighted by molar-refractivity contribution is 0.600. The second-order valence-electron chi connectivity index (χ2n) is 7.27. The maximum absolute atomic E-state index is 12.9. The molecule has 31 heavy (non-hydrogen) atoms. The number of hydrogen-bond donors (Lipinski definition) is 1. The maximum atomic E-state index is 12.9. The van der Waals surface area contributed by atoms with Gasteiger partial charge >= 0.3 is 0 Å². The minimum atomic E-state index is -3.98. The van der Waals surface area contributed by atoms with Gasteiger partial charge in [0, 0.05) is 10.4 Å². The molecular formula is C22H18ClN5O2S. The fourth-order valence-corrected chi connectivity index (χ4v) is 4.63. The molecule has 0 amide bonds. The van der Waals surface area contributed by atoms with E-state index in [1.165, 1.54) is 35.1 Å². The number of nitrogens with zero attached hydrogens (tertiary/aromatic N) is 4. The van der Waals surface area contributed by atoms with Gasteiger partial charge in [-0.25, -0.2) is 13.4 Å². The number of halogens is 1. The van der Waals surface area contributed by atoms with Crippen molar-refractivity contribution >= 4 is 38.3 Å². The minimum Gasteiger partial charge on any atom is -0.262 e. The number of rotatable bonds is 4. The number of pyridine rings is 1. The van der Waals surface area contributed by atoms with Gasteiger partial charge < -0.3 is 0 Å². The zero-order valence-electron chi connectivity index (χ0n) is 17.0. The molecule has 9 heteroatoms. The summed E-state index contributed by atoms with van der Waals surface area (Å²) in [5.41, 5.74) is 3.96. The molecule has 0 aliphatic rings. The van der Waals surface area contributed by atoms with E-state index in [2.05, 4.69) is 15.9 Å². The van der Waals surface area contributed by atoms with Gasteiger partial charge in [0.1, 0.15) is 11.6 Å². The topological polar surface area (TPSA) is 101 Å². The number of hydrogen-bond acceptors (Lipinski definition) is 5. The highest BCUT2D eigenvalue weighted by molar-refractivity contribution is 7.92. The number of aromatic nitrogens is 3. The third-order valence-electron chi connectivity index (χ3n) is 4.90. The first kappa shape index (κ1) is 20.8. The van der Waals surface area contributed by atoms with Crippen LogP contribution in [0.2, 0.25) is 5.02 Å². The molecule has 4 rings (SSSR count). The highest BCUT2D eigenvalue weighted by Crippen LogP contribution is 2.27. The summed E-state index contributed by atoms with van der Waals surface area (Å²) in [5.74, 6) is 0.431. The molecule has 1 N–H and O–H groups in total. The summed E-state index contributed by atoms with van der Waals surface area (Å²) in [4.78, 5) is 4.72. The summed E-state index contributed by atoms with van der Waals surface area (Å²) in [6.07, 6.45) is 1.31. The van der Waals surface area contributed by atoms with Gasteiger partial charge in [0.2, 0.25) is 0 Å². The molecule has 156 valence electrons. The molecular weight excluding hydrogens is 434 g/mol. The summed E-state index contributed by atoms with van der Waals surface area (Å²) in [6.45, 7) is 5.95. The zero-order chi connectivity index (χ0) is 22.3. The van der Waals surface area contributed by atoms with Gasteiger partial charge in [-0.3, -0.25) is 4.72 Å². The van der Waals surface area contributed by atoms with E-state index in [-0.39, 0.29) is 16.3 Å². The number of fused-ring (bicyclic) bond motifs is 1. The molecule has 0 atom stereocenters. The lowest BCUT2D eigenvalue weighted by Gasteiger charge is -2.13. The van der Waals surface area contributed by atoms with Gasteiger partial charge in [-0.1, -0.05) is 23.2 Å². The van der Waals surface area contributed by atoms with E-state index in [4.69, 9.17) is 16.6 Å². The van der Waals surface area contributed by atoms with Gasteiger partial charge in [0.15, 0.2) is 11.6 Å². The number of aryl methyl sites for hydroxylation is 3. The Labute approximate surface area is 185 Å². The fourth-order valence-electron chi connectivity index (χ4n) is 3.44. The highest BCUT2D eigenvalue weighted by Gasteiger charge is 2.22. The van der Waals surface area contributed by atoms with Crippen molar-refractivity contribution in [2.45, 2.75) is 25.7 Å². The molecule has 0 aliphatic carbocycles. The average Bonchev–Trinajstić information content (AvgIpc) is 3.11. The Balaban J connectivity index is 1.86. The molecule has 0 aliphatic heterocycles. The Kier molecular flexibility index (Phi) is 5.17. The first-order valence-electron chi connectivity index (χ1n) is 9.35. The molecule has 0 unspecified atom stereocenters. The van der Waals surface area contributed by atoms with E-state index in [1.807, 2.05) is 39.0 Å². The van der Waals surface area contributed by atoms with E-state index in [9.17, 15) is 13.7 Å². The Morgan fingerprint density at radius 2 is 1.77 bits per heavy atom. The van der Waals surface area contributed by atoms with Crippen LogP contribution in [0.15, 0.2) is 53.6 Å². The summed E-state index contributed by atoms with van der Waals surface area (Å²) >= 11 is 5.86. The van der Waals surface area contributed by atoms with Crippen LogP contribution in [0.4, 0.5) is 5.82 Å². The highest BCUT2D eigenvalue weighted by atomic mass is 35.5. The molecule has 7 nitrogen and oxygen atoms in total. The largest absolute Gasteiger partial charge is 0.263 e. The number of sulfonamides is 1. The van der Waals surface area contributed by atoms with Gasteiger partial charge in [-0.05, 0) is 68.3 Å². The van der Waals surface area contributed by atoms with Crippen molar-refractivity contribution in [3.63, 3.8) is 0 Å². The minimum absolute atomic E-state index is 0.0162. The van der Waals surface area contributed by atoms with E-state index < -0.39 is 10.0 Å². The lowest BCUT2D eigenvalue weighted by Crippen LogP contribution is -2.17. The smallest absolute Gasteiger partial charge is 0.262 e.